The number of nitriles is 1. The van der Waals surface area contributed by atoms with Gasteiger partial charge in [0.25, 0.3) is 0 Å². The van der Waals surface area contributed by atoms with E-state index in [-0.39, 0.29) is 11.4 Å². The van der Waals surface area contributed by atoms with Crippen LogP contribution in [0.1, 0.15) is 25.1 Å². The molecule has 1 amide bonds. The Kier molecular flexibility index (Phi) is 4.97. The fourth-order valence-corrected chi connectivity index (χ4v) is 2.59. The highest BCUT2D eigenvalue weighted by Crippen LogP contribution is 2.21. The first-order chi connectivity index (χ1) is 13.4. The lowest BCUT2D eigenvalue weighted by molar-refractivity contribution is -0.110. The largest absolute Gasteiger partial charge is 0.408 e. The molecule has 0 saturated heterocycles. The molecular formula is C20H16N7O+. The lowest BCUT2D eigenvalue weighted by atomic mass is 9.99. The SMILES string of the molecule is CC1=C(C)C(C(=O)Nc2ccc(N)c(C(=N)c3ccncn3)c2)=[N+]=C=C1C#N. The van der Waals surface area contributed by atoms with Crippen molar-refractivity contribution in [1.82, 2.24) is 14.6 Å². The third kappa shape index (κ3) is 3.48. The molecule has 8 nitrogen and oxygen atoms in total. The second-order valence-corrected chi connectivity index (χ2v) is 6.03. The molecule has 136 valence electrons. The number of carbonyl (C=O) groups excluding carboxylic acids is 1. The van der Waals surface area contributed by atoms with Crippen LogP contribution < -0.4 is 15.7 Å². The second kappa shape index (κ2) is 7.52. The smallest absolute Gasteiger partial charge is 0.398 e. The first kappa shape index (κ1) is 18.5. The van der Waals surface area contributed by atoms with Crippen LogP contribution in [0.3, 0.4) is 0 Å². The summed E-state index contributed by atoms with van der Waals surface area (Å²) in [7, 11) is 0. The Morgan fingerprint density at radius 3 is 2.79 bits per heavy atom. The lowest BCUT2D eigenvalue weighted by Crippen LogP contribution is -2.28. The van der Waals surface area contributed by atoms with Gasteiger partial charge in [-0.3, -0.25) is 10.2 Å². The Balaban J connectivity index is 1.92. The molecule has 2 aromatic rings. The minimum absolute atomic E-state index is 0.118. The second-order valence-electron chi connectivity index (χ2n) is 6.03. The molecule has 1 aliphatic rings. The minimum Gasteiger partial charge on any atom is -0.398 e. The van der Waals surface area contributed by atoms with Crippen molar-refractivity contribution in [3.05, 3.63) is 64.8 Å². The highest BCUT2D eigenvalue weighted by molar-refractivity contribution is 6.49. The Morgan fingerprint density at radius 2 is 2.11 bits per heavy atom. The van der Waals surface area contributed by atoms with E-state index >= 15 is 0 Å². The molecule has 0 fully saturated rings. The van der Waals surface area contributed by atoms with Crippen LogP contribution in [-0.4, -0.2) is 33.2 Å². The number of nitrogen functional groups attached to an aromatic ring is 1. The summed E-state index contributed by atoms with van der Waals surface area (Å²) in [5, 5.41) is 20.1. The van der Waals surface area contributed by atoms with E-state index in [2.05, 4.69) is 25.8 Å². The van der Waals surface area contributed by atoms with Gasteiger partial charge in [0, 0.05) is 23.1 Å². The summed E-state index contributed by atoms with van der Waals surface area (Å²) in [5.74, 6) is 2.14. The maximum atomic E-state index is 12.6. The summed E-state index contributed by atoms with van der Waals surface area (Å²) in [6.07, 6.45) is 2.89. The van der Waals surface area contributed by atoms with Gasteiger partial charge in [-0.15, -0.1) is 0 Å². The Hall–Kier alpha value is -4.30. The molecule has 1 aromatic carbocycles. The number of anilines is 2. The number of hydrogen-bond acceptors (Lipinski definition) is 6. The van der Waals surface area contributed by atoms with E-state index < -0.39 is 5.91 Å². The van der Waals surface area contributed by atoms with Gasteiger partial charge in [-0.25, -0.2) is 9.97 Å². The zero-order chi connectivity index (χ0) is 20.3. The summed E-state index contributed by atoms with van der Waals surface area (Å²) >= 11 is 0. The molecule has 0 atom stereocenters. The fraction of sp³-hybridized carbons (Fsp3) is 0.100. The van der Waals surface area contributed by atoms with E-state index in [1.807, 2.05) is 6.07 Å². The van der Waals surface area contributed by atoms with Gasteiger partial charge in [-0.05, 0) is 48.4 Å². The van der Waals surface area contributed by atoms with Gasteiger partial charge in [0.15, 0.2) is 5.57 Å². The molecule has 8 heteroatoms. The van der Waals surface area contributed by atoms with Crippen molar-refractivity contribution in [2.75, 3.05) is 11.1 Å². The van der Waals surface area contributed by atoms with Crippen LogP contribution in [0.5, 0.6) is 0 Å². The molecule has 0 bridgehead atoms. The van der Waals surface area contributed by atoms with Crippen molar-refractivity contribution in [2.45, 2.75) is 13.8 Å². The van der Waals surface area contributed by atoms with Crippen LogP contribution in [-0.2, 0) is 4.79 Å². The summed E-state index contributed by atoms with van der Waals surface area (Å²) in [5.41, 5.74) is 9.57. The van der Waals surface area contributed by atoms with E-state index in [0.29, 0.717) is 39.4 Å². The molecule has 4 N–H and O–H groups in total. The molecule has 1 aromatic heterocycles. The van der Waals surface area contributed by atoms with Crippen LogP contribution in [0.25, 0.3) is 0 Å². The molecule has 0 radical (unpaired) electrons. The van der Waals surface area contributed by atoms with E-state index in [4.69, 9.17) is 16.4 Å². The first-order valence-electron chi connectivity index (χ1n) is 8.27. The standard InChI is InChI=1S/C20H15N7O/c1-11-12(2)19(25-9-13(11)8-21)20(28)27-14-3-4-16(22)15(7-14)18(23)17-5-6-24-10-26-17/h3-7,10,22-23,28H,1-2H3/p+1. The maximum absolute atomic E-state index is 12.6. The predicted octanol–water partition coefficient (Wildman–Crippen LogP) is 1.39. The number of aromatic nitrogens is 2. The van der Waals surface area contributed by atoms with Crippen molar-refractivity contribution in [3.8, 4) is 6.07 Å². The highest BCUT2D eigenvalue weighted by atomic mass is 16.1. The topological polar surface area (TPSA) is 143 Å². The molecule has 0 aliphatic carbocycles. The molecule has 0 unspecified atom stereocenters. The van der Waals surface area contributed by atoms with Gasteiger partial charge in [0.2, 0.25) is 0 Å². The van der Waals surface area contributed by atoms with Crippen LogP contribution in [0, 0.1) is 16.7 Å². The number of allylic oxidation sites excluding steroid dienone is 2. The summed E-state index contributed by atoms with van der Waals surface area (Å²) in [6.45, 7) is 3.47. The average molecular weight is 370 g/mol. The quantitative estimate of drug-likeness (QED) is 0.423. The first-order valence-corrected chi connectivity index (χ1v) is 8.27. The summed E-state index contributed by atoms with van der Waals surface area (Å²) in [6, 6.07) is 8.45. The maximum Gasteiger partial charge on any atom is 0.408 e. The van der Waals surface area contributed by atoms with Crippen LogP contribution in [0.4, 0.5) is 11.4 Å². The monoisotopic (exact) mass is 370 g/mol. The van der Waals surface area contributed by atoms with Gasteiger partial charge >= 0.3 is 17.5 Å². The number of hydrogen-bond donors (Lipinski definition) is 3. The van der Waals surface area contributed by atoms with Crippen molar-refractivity contribution in [1.29, 1.82) is 10.7 Å². The highest BCUT2D eigenvalue weighted by Gasteiger charge is 2.29. The van der Waals surface area contributed by atoms with Gasteiger partial charge in [0.1, 0.15) is 12.4 Å². The number of nitrogens with one attached hydrogen (secondary N) is 2. The molecule has 3 rings (SSSR count). The normalized spacial score (nSPS) is 12.8. The summed E-state index contributed by atoms with van der Waals surface area (Å²) in [4.78, 5) is 20.5. The Bertz CT molecular complexity index is 1170. The van der Waals surface area contributed by atoms with Gasteiger partial charge in [0.05, 0.1) is 17.0 Å². The molecule has 28 heavy (non-hydrogen) atoms. The van der Waals surface area contributed by atoms with Crippen LogP contribution >= 0.6 is 0 Å². The molecular weight excluding hydrogens is 354 g/mol. The van der Waals surface area contributed by atoms with Crippen LogP contribution in [0.2, 0.25) is 0 Å². The minimum atomic E-state index is -0.439. The number of benzene rings is 1. The molecule has 0 saturated carbocycles. The number of nitrogens with two attached hydrogens (primary N) is 1. The third-order valence-corrected chi connectivity index (χ3v) is 4.32. The lowest BCUT2D eigenvalue weighted by Gasteiger charge is -2.10. The number of amides is 1. The predicted molar refractivity (Wildman–Crippen MR) is 107 cm³/mol. The molecule has 2 heterocycles. The van der Waals surface area contributed by atoms with Gasteiger partial charge < -0.3 is 11.1 Å². The van der Waals surface area contributed by atoms with Crippen molar-refractivity contribution in [3.63, 3.8) is 0 Å². The summed E-state index contributed by atoms with van der Waals surface area (Å²) < 4.78 is 3.99. The van der Waals surface area contributed by atoms with Crippen molar-refractivity contribution < 1.29 is 4.79 Å². The van der Waals surface area contributed by atoms with Crippen molar-refractivity contribution in [2.24, 2.45) is 0 Å². The third-order valence-electron chi connectivity index (χ3n) is 4.32. The van der Waals surface area contributed by atoms with Gasteiger partial charge in [-0.1, -0.05) is 0 Å². The zero-order valence-electron chi connectivity index (χ0n) is 15.2. The number of rotatable bonds is 4. The van der Waals surface area contributed by atoms with E-state index in [9.17, 15) is 4.79 Å². The molecule has 1 aliphatic heterocycles. The van der Waals surface area contributed by atoms with Crippen LogP contribution in [0.15, 0.2) is 53.5 Å². The van der Waals surface area contributed by atoms with Gasteiger partial charge in [-0.2, -0.15) is 5.26 Å². The van der Waals surface area contributed by atoms with E-state index in [0.717, 1.165) is 0 Å². The average Bonchev–Trinajstić information content (AvgIpc) is 2.71. The fourth-order valence-electron chi connectivity index (χ4n) is 2.59. The number of nitrogens with zero attached hydrogens (tertiary/aromatic N) is 4. The molecule has 0 spiro atoms. The van der Waals surface area contributed by atoms with E-state index in [1.54, 1.807) is 38.1 Å². The van der Waals surface area contributed by atoms with E-state index in [1.165, 1.54) is 12.5 Å². The Morgan fingerprint density at radius 1 is 1.32 bits per heavy atom. The number of carbonyl (C=O) groups is 1. The zero-order valence-corrected chi connectivity index (χ0v) is 15.2. The van der Waals surface area contributed by atoms with Crippen molar-refractivity contribution >= 4 is 34.6 Å². The Labute approximate surface area is 161 Å².